The van der Waals surface area contributed by atoms with E-state index < -0.39 is 0 Å². The predicted molar refractivity (Wildman–Crippen MR) is 101 cm³/mol. The molecule has 2 aromatic rings. The average Bonchev–Trinajstić information content (AvgIpc) is 2.43. The third kappa shape index (κ3) is 4.29. The first kappa shape index (κ1) is 16.5. The Kier molecular flexibility index (Phi) is 6.52. The van der Waals surface area contributed by atoms with Gasteiger partial charge in [0.05, 0.1) is 0 Å². The Labute approximate surface area is 150 Å². The Morgan fingerprint density at radius 3 is 2.55 bits per heavy atom. The fraction of sp³-hybridized carbons (Fsp3) is 0.250. The Bertz CT molecular complexity index is 586. The van der Waals surface area contributed by atoms with E-state index in [1.807, 2.05) is 0 Å². The standard InChI is InChI=1S/C16H16Br2IN/c1-2-20-16(9-11-5-3-4-6-14(11)17)13-10-12(19)7-8-15(13)18/h3-8,10,16,20H,2,9H2,1H3. The van der Waals surface area contributed by atoms with Crippen LogP contribution >= 0.6 is 54.5 Å². The van der Waals surface area contributed by atoms with Crippen molar-refractivity contribution in [2.75, 3.05) is 6.54 Å². The van der Waals surface area contributed by atoms with Crippen LogP contribution in [-0.2, 0) is 6.42 Å². The minimum absolute atomic E-state index is 0.308. The number of hydrogen-bond donors (Lipinski definition) is 1. The molecule has 0 heterocycles. The summed E-state index contributed by atoms with van der Waals surface area (Å²) in [5.41, 5.74) is 2.64. The zero-order valence-electron chi connectivity index (χ0n) is 11.2. The maximum absolute atomic E-state index is 3.68. The second-order valence-electron chi connectivity index (χ2n) is 4.57. The molecule has 20 heavy (non-hydrogen) atoms. The van der Waals surface area contributed by atoms with Crippen LogP contribution in [0.15, 0.2) is 51.4 Å². The zero-order chi connectivity index (χ0) is 14.5. The average molecular weight is 509 g/mol. The molecule has 0 amide bonds. The first-order valence-electron chi connectivity index (χ1n) is 6.53. The highest BCUT2D eigenvalue weighted by Gasteiger charge is 2.15. The van der Waals surface area contributed by atoms with Crippen LogP contribution in [0.4, 0.5) is 0 Å². The molecule has 0 aliphatic heterocycles. The molecule has 0 saturated carbocycles. The Morgan fingerprint density at radius 1 is 1.10 bits per heavy atom. The van der Waals surface area contributed by atoms with Crippen LogP contribution in [0.1, 0.15) is 24.1 Å². The van der Waals surface area contributed by atoms with Crippen molar-refractivity contribution in [3.05, 3.63) is 66.1 Å². The van der Waals surface area contributed by atoms with Gasteiger partial charge in [-0.2, -0.15) is 0 Å². The van der Waals surface area contributed by atoms with Crippen LogP contribution in [0.2, 0.25) is 0 Å². The van der Waals surface area contributed by atoms with Crippen LogP contribution in [0.5, 0.6) is 0 Å². The molecule has 106 valence electrons. The number of benzene rings is 2. The highest BCUT2D eigenvalue weighted by Crippen LogP contribution is 2.29. The van der Waals surface area contributed by atoms with Crippen LogP contribution in [0.3, 0.4) is 0 Å². The molecule has 0 bridgehead atoms. The van der Waals surface area contributed by atoms with E-state index in [2.05, 4.69) is 109 Å². The molecule has 0 spiro atoms. The fourth-order valence-electron chi connectivity index (χ4n) is 2.20. The first-order chi connectivity index (χ1) is 9.61. The third-order valence-corrected chi connectivity index (χ3v) is 5.33. The lowest BCUT2D eigenvalue weighted by Crippen LogP contribution is -2.23. The lowest BCUT2D eigenvalue weighted by atomic mass is 9.99. The third-order valence-electron chi connectivity index (χ3n) is 3.17. The van der Waals surface area contributed by atoms with Crippen molar-refractivity contribution in [2.24, 2.45) is 0 Å². The molecule has 0 saturated heterocycles. The number of hydrogen-bond acceptors (Lipinski definition) is 1. The quantitative estimate of drug-likeness (QED) is 0.510. The van der Waals surface area contributed by atoms with E-state index in [1.54, 1.807) is 0 Å². The lowest BCUT2D eigenvalue weighted by molar-refractivity contribution is 0.547. The van der Waals surface area contributed by atoms with Gasteiger partial charge >= 0.3 is 0 Å². The topological polar surface area (TPSA) is 12.0 Å². The molecule has 0 aromatic heterocycles. The number of nitrogens with one attached hydrogen (secondary N) is 1. The van der Waals surface area contributed by atoms with Gasteiger partial charge in [0.2, 0.25) is 0 Å². The normalized spacial score (nSPS) is 12.4. The van der Waals surface area contributed by atoms with Crippen molar-refractivity contribution in [3.63, 3.8) is 0 Å². The fourth-order valence-corrected chi connectivity index (χ4v) is 3.69. The Hall–Kier alpha value is 0.0900. The van der Waals surface area contributed by atoms with Gasteiger partial charge in [0.25, 0.3) is 0 Å². The molecule has 0 aliphatic rings. The van der Waals surface area contributed by atoms with Gasteiger partial charge in [-0.25, -0.2) is 0 Å². The van der Waals surface area contributed by atoms with Gasteiger partial charge in [-0.1, -0.05) is 57.0 Å². The number of likely N-dealkylation sites (N-methyl/N-ethyl adjacent to an activating group) is 1. The molecule has 1 N–H and O–H groups in total. The largest absolute Gasteiger partial charge is 0.310 e. The predicted octanol–water partition coefficient (Wildman–Crippen LogP) is 5.71. The summed E-state index contributed by atoms with van der Waals surface area (Å²) in [5, 5.41) is 3.59. The van der Waals surface area contributed by atoms with Crippen molar-refractivity contribution >= 4 is 54.5 Å². The minimum atomic E-state index is 0.308. The van der Waals surface area contributed by atoms with E-state index in [4.69, 9.17) is 0 Å². The molecule has 0 radical (unpaired) electrons. The molecule has 1 nitrogen and oxygen atoms in total. The molecule has 0 aliphatic carbocycles. The summed E-state index contributed by atoms with van der Waals surface area (Å²) in [6.07, 6.45) is 0.966. The van der Waals surface area contributed by atoms with E-state index in [0.29, 0.717) is 6.04 Å². The molecule has 0 fully saturated rings. The highest BCUT2D eigenvalue weighted by molar-refractivity contribution is 14.1. The van der Waals surface area contributed by atoms with Crippen LogP contribution in [0.25, 0.3) is 0 Å². The van der Waals surface area contributed by atoms with Crippen LogP contribution in [-0.4, -0.2) is 6.54 Å². The maximum Gasteiger partial charge on any atom is 0.0372 e. The molecule has 1 atom stereocenters. The molecule has 2 rings (SSSR count). The zero-order valence-corrected chi connectivity index (χ0v) is 16.5. The molecular weight excluding hydrogens is 493 g/mol. The Morgan fingerprint density at radius 2 is 1.85 bits per heavy atom. The summed E-state index contributed by atoms with van der Waals surface area (Å²) < 4.78 is 3.59. The number of rotatable bonds is 5. The van der Waals surface area contributed by atoms with Crippen LogP contribution in [0, 0.1) is 3.57 Å². The highest BCUT2D eigenvalue weighted by atomic mass is 127. The maximum atomic E-state index is 3.68. The van der Waals surface area contributed by atoms with Gasteiger partial charge in [-0.3, -0.25) is 0 Å². The van der Waals surface area contributed by atoms with Gasteiger partial charge in [0.15, 0.2) is 0 Å². The van der Waals surface area contributed by atoms with E-state index >= 15 is 0 Å². The Balaban J connectivity index is 2.32. The second-order valence-corrected chi connectivity index (χ2v) is 7.53. The monoisotopic (exact) mass is 507 g/mol. The van der Waals surface area contributed by atoms with Gasteiger partial charge in [-0.15, -0.1) is 0 Å². The second kappa shape index (κ2) is 7.92. The molecule has 4 heteroatoms. The van der Waals surface area contributed by atoms with E-state index in [0.717, 1.165) is 17.4 Å². The first-order valence-corrected chi connectivity index (χ1v) is 9.20. The molecular formula is C16H16Br2IN. The van der Waals surface area contributed by atoms with E-state index in [-0.39, 0.29) is 0 Å². The summed E-state index contributed by atoms with van der Waals surface area (Å²) in [4.78, 5) is 0. The van der Waals surface area contributed by atoms with Crippen molar-refractivity contribution < 1.29 is 0 Å². The van der Waals surface area contributed by atoms with Gasteiger partial charge < -0.3 is 5.32 Å². The summed E-state index contributed by atoms with van der Waals surface area (Å²) in [7, 11) is 0. The van der Waals surface area contributed by atoms with Crippen molar-refractivity contribution in [2.45, 2.75) is 19.4 Å². The summed E-state index contributed by atoms with van der Waals surface area (Å²) in [5.74, 6) is 0. The van der Waals surface area contributed by atoms with Crippen molar-refractivity contribution in [3.8, 4) is 0 Å². The van der Waals surface area contributed by atoms with E-state index in [9.17, 15) is 0 Å². The van der Waals surface area contributed by atoms with E-state index in [1.165, 1.54) is 19.2 Å². The molecule has 2 aromatic carbocycles. The van der Waals surface area contributed by atoms with Crippen molar-refractivity contribution in [1.29, 1.82) is 0 Å². The summed E-state index contributed by atoms with van der Waals surface area (Å²) in [6, 6.07) is 15.2. The minimum Gasteiger partial charge on any atom is -0.310 e. The van der Waals surface area contributed by atoms with Gasteiger partial charge in [0, 0.05) is 18.6 Å². The van der Waals surface area contributed by atoms with Gasteiger partial charge in [0.1, 0.15) is 0 Å². The SMILES string of the molecule is CCNC(Cc1ccccc1Br)c1cc(I)ccc1Br. The summed E-state index contributed by atoms with van der Waals surface area (Å²) >= 11 is 9.68. The summed E-state index contributed by atoms with van der Waals surface area (Å²) in [6.45, 7) is 3.10. The van der Waals surface area contributed by atoms with Gasteiger partial charge in [-0.05, 0) is 70.9 Å². The number of halogens is 3. The smallest absolute Gasteiger partial charge is 0.0372 e. The molecule has 1 unspecified atom stereocenters. The lowest BCUT2D eigenvalue weighted by Gasteiger charge is -2.21. The van der Waals surface area contributed by atoms with Crippen molar-refractivity contribution in [1.82, 2.24) is 5.32 Å². The van der Waals surface area contributed by atoms with Crippen LogP contribution < -0.4 is 5.32 Å².